The zero-order chi connectivity index (χ0) is 19.4. The average Bonchev–Trinajstić information content (AvgIpc) is 3.05. The molecule has 0 spiro atoms. The van der Waals surface area contributed by atoms with Crippen molar-refractivity contribution in [1.29, 1.82) is 0 Å². The van der Waals surface area contributed by atoms with Crippen LogP contribution in [0.25, 0.3) is 16.5 Å². The Morgan fingerprint density at radius 3 is 2.48 bits per heavy atom. The molecule has 3 aromatic rings. The lowest BCUT2D eigenvalue weighted by atomic mass is 10.0. The second kappa shape index (κ2) is 8.29. The zero-order valence-corrected chi connectivity index (χ0v) is 15.6. The predicted molar refractivity (Wildman–Crippen MR) is 106 cm³/mol. The van der Waals surface area contributed by atoms with Crippen molar-refractivity contribution in [3.8, 4) is 10.4 Å². The number of thiophene rings is 1. The molecule has 0 bridgehead atoms. The van der Waals surface area contributed by atoms with Gasteiger partial charge in [-0.05, 0) is 46.9 Å². The SMILES string of the molecule is O=C(/C=C/c1ccccc1F)Cc1csc(-c2ccc(Cl)cc2)c1C(=O)O. The van der Waals surface area contributed by atoms with Gasteiger partial charge in [-0.1, -0.05) is 41.9 Å². The van der Waals surface area contributed by atoms with Gasteiger partial charge < -0.3 is 5.11 Å². The number of ketones is 1. The van der Waals surface area contributed by atoms with Crippen molar-refractivity contribution in [1.82, 2.24) is 0 Å². The van der Waals surface area contributed by atoms with Crippen LogP contribution in [-0.4, -0.2) is 16.9 Å². The molecule has 6 heteroatoms. The lowest BCUT2D eigenvalue weighted by Crippen LogP contribution is -2.05. The summed E-state index contributed by atoms with van der Waals surface area (Å²) in [6.07, 6.45) is 2.59. The standard InChI is InChI=1S/C21H14ClFO3S/c22-16-8-5-14(6-9-16)20-19(21(25)26)15(12-27-20)11-17(24)10-7-13-3-1-2-4-18(13)23/h1-10,12H,11H2,(H,25,26)/b10-7+. The van der Waals surface area contributed by atoms with E-state index in [4.69, 9.17) is 11.6 Å². The molecule has 27 heavy (non-hydrogen) atoms. The van der Waals surface area contributed by atoms with E-state index in [-0.39, 0.29) is 17.8 Å². The van der Waals surface area contributed by atoms with Crippen molar-refractivity contribution in [3.63, 3.8) is 0 Å². The highest BCUT2D eigenvalue weighted by Crippen LogP contribution is 2.34. The van der Waals surface area contributed by atoms with Crippen LogP contribution in [0, 0.1) is 5.82 Å². The Morgan fingerprint density at radius 1 is 1.11 bits per heavy atom. The molecule has 0 fully saturated rings. The maximum Gasteiger partial charge on any atom is 0.337 e. The van der Waals surface area contributed by atoms with Gasteiger partial charge in [0.25, 0.3) is 0 Å². The Hall–Kier alpha value is -2.76. The number of allylic oxidation sites excluding steroid dienone is 1. The Bertz CT molecular complexity index is 1020. The number of halogens is 2. The molecule has 1 heterocycles. The molecular weight excluding hydrogens is 387 g/mol. The van der Waals surface area contributed by atoms with Gasteiger partial charge in [0.05, 0.1) is 5.56 Å². The third-order valence-electron chi connectivity index (χ3n) is 3.91. The fourth-order valence-electron chi connectivity index (χ4n) is 2.61. The van der Waals surface area contributed by atoms with E-state index in [9.17, 15) is 19.1 Å². The molecular formula is C21H14ClFO3S. The van der Waals surface area contributed by atoms with Crippen molar-refractivity contribution in [2.24, 2.45) is 0 Å². The third kappa shape index (κ3) is 4.51. The number of carbonyl (C=O) groups is 2. The highest BCUT2D eigenvalue weighted by atomic mass is 35.5. The Morgan fingerprint density at radius 2 is 1.81 bits per heavy atom. The number of rotatable bonds is 6. The maximum absolute atomic E-state index is 13.6. The highest BCUT2D eigenvalue weighted by Gasteiger charge is 2.20. The van der Waals surface area contributed by atoms with Gasteiger partial charge in [0.2, 0.25) is 0 Å². The minimum atomic E-state index is -1.10. The minimum Gasteiger partial charge on any atom is -0.478 e. The summed E-state index contributed by atoms with van der Waals surface area (Å²) in [6, 6.07) is 13.0. The zero-order valence-electron chi connectivity index (χ0n) is 14.0. The van der Waals surface area contributed by atoms with Crippen LogP contribution < -0.4 is 0 Å². The first-order chi connectivity index (χ1) is 13.0. The van der Waals surface area contributed by atoms with Crippen molar-refractivity contribution in [3.05, 3.63) is 87.5 Å². The monoisotopic (exact) mass is 400 g/mol. The molecule has 136 valence electrons. The number of carboxylic acids is 1. The van der Waals surface area contributed by atoms with Crippen molar-refractivity contribution >= 4 is 40.8 Å². The van der Waals surface area contributed by atoms with Crippen LogP contribution in [0.2, 0.25) is 5.02 Å². The molecule has 0 saturated carbocycles. The molecule has 3 nitrogen and oxygen atoms in total. The molecule has 0 aliphatic rings. The molecule has 0 saturated heterocycles. The quantitative estimate of drug-likeness (QED) is 0.537. The van der Waals surface area contributed by atoms with Gasteiger partial charge in [0.1, 0.15) is 5.82 Å². The molecule has 1 N–H and O–H groups in total. The van der Waals surface area contributed by atoms with Crippen molar-refractivity contribution in [2.75, 3.05) is 0 Å². The number of aromatic carboxylic acids is 1. The summed E-state index contributed by atoms with van der Waals surface area (Å²) in [4.78, 5) is 24.6. The molecule has 0 atom stereocenters. The first-order valence-electron chi connectivity index (χ1n) is 8.00. The fraction of sp³-hybridized carbons (Fsp3) is 0.0476. The van der Waals surface area contributed by atoms with E-state index in [1.165, 1.54) is 29.6 Å². The summed E-state index contributed by atoms with van der Waals surface area (Å²) in [5, 5.41) is 11.8. The van der Waals surface area contributed by atoms with Gasteiger partial charge in [0.15, 0.2) is 5.78 Å². The Kier molecular flexibility index (Phi) is 5.84. The first-order valence-corrected chi connectivity index (χ1v) is 9.26. The fourth-order valence-corrected chi connectivity index (χ4v) is 3.81. The molecule has 2 aromatic carbocycles. The predicted octanol–water partition coefficient (Wildman–Crippen LogP) is 5.73. The Labute approximate surface area is 164 Å². The number of carboxylic acid groups (broad SMARTS) is 1. The summed E-state index contributed by atoms with van der Waals surface area (Å²) < 4.78 is 13.6. The van der Waals surface area contributed by atoms with Crippen LogP contribution in [0.4, 0.5) is 4.39 Å². The van der Waals surface area contributed by atoms with E-state index in [0.717, 1.165) is 5.56 Å². The molecule has 0 aliphatic carbocycles. The van der Waals surface area contributed by atoms with Crippen LogP contribution in [0.1, 0.15) is 21.5 Å². The summed E-state index contributed by atoms with van der Waals surface area (Å²) in [5.41, 5.74) is 1.56. The molecule has 0 unspecified atom stereocenters. The van der Waals surface area contributed by atoms with E-state index in [1.807, 2.05) is 0 Å². The van der Waals surface area contributed by atoms with Crippen LogP contribution in [0.15, 0.2) is 60.0 Å². The number of benzene rings is 2. The number of hydrogen-bond acceptors (Lipinski definition) is 3. The average molecular weight is 401 g/mol. The van der Waals surface area contributed by atoms with E-state index >= 15 is 0 Å². The summed E-state index contributed by atoms with van der Waals surface area (Å²) in [6.45, 7) is 0. The molecule has 3 rings (SSSR count). The summed E-state index contributed by atoms with van der Waals surface area (Å²) in [5.74, 6) is -1.82. The smallest absolute Gasteiger partial charge is 0.337 e. The highest BCUT2D eigenvalue weighted by molar-refractivity contribution is 7.14. The largest absolute Gasteiger partial charge is 0.478 e. The van der Waals surface area contributed by atoms with Crippen LogP contribution in [0.5, 0.6) is 0 Å². The van der Waals surface area contributed by atoms with Gasteiger partial charge in [0, 0.05) is 21.9 Å². The van der Waals surface area contributed by atoms with Gasteiger partial charge >= 0.3 is 5.97 Å². The van der Waals surface area contributed by atoms with Gasteiger partial charge in [-0.15, -0.1) is 11.3 Å². The summed E-state index contributed by atoms with van der Waals surface area (Å²) >= 11 is 7.14. The second-order valence-corrected chi connectivity index (χ2v) is 7.09. The van der Waals surface area contributed by atoms with Gasteiger partial charge in [-0.25, -0.2) is 9.18 Å². The van der Waals surface area contributed by atoms with Crippen LogP contribution in [0.3, 0.4) is 0 Å². The molecule has 0 radical (unpaired) electrons. The topological polar surface area (TPSA) is 54.4 Å². The van der Waals surface area contributed by atoms with E-state index in [1.54, 1.807) is 47.8 Å². The third-order valence-corrected chi connectivity index (χ3v) is 5.24. The molecule has 0 aliphatic heterocycles. The lowest BCUT2D eigenvalue weighted by Gasteiger charge is -2.03. The minimum absolute atomic E-state index is 0.0727. The first kappa shape index (κ1) is 19.0. The normalized spacial score (nSPS) is 11.0. The van der Waals surface area contributed by atoms with E-state index < -0.39 is 11.8 Å². The van der Waals surface area contributed by atoms with Gasteiger partial charge in [-0.3, -0.25) is 4.79 Å². The van der Waals surface area contributed by atoms with Crippen LogP contribution in [-0.2, 0) is 11.2 Å². The number of carbonyl (C=O) groups excluding carboxylic acids is 1. The summed E-state index contributed by atoms with van der Waals surface area (Å²) in [7, 11) is 0. The van der Waals surface area contributed by atoms with Crippen molar-refractivity contribution < 1.29 is 19.1 Å². The van der Waals surface area contributed by atoms with E-state index in [0.29, 0.717) is 21.0 Å². The van der Waals surface area contributed by atoms with Crippen LogP contribution >= 0.6 is 22.9 Å². The maximum atomic E-state index is 13.6. The number of hydrogen-bond donors (Lipinski definition) is 1. The van der Waals surface area contributed by atoms with Gasteiger partial charge in [-0.2, -0.15) is 0 Å². The molecule has 0 amide bonds. The molecule has 1 aromatic heterocycles. The van der Waals surface area contributed by atoms with E-state index in [2.05, 4.69) is 0 Å². The Balaban J connectivity index is 1.85. The lowest BCUT2D eigenvalue weighted by molar-refractivity contribution is -0.113. The van der Waals surface area contributed by atoms with Crippen molar-refractivity contribution in [2.45, 2.75) is 6.42 Å². The second-order valence-electron chi connectivity index (χ2n) is 5.78.